The van der Waals surface area contributed by atoms with Crippen molar-refractivity contribution in [2.45, 2.75) is 39.7 Å². The highest BCUT2D eigenvalue weighted by Crippen LogP contribution is 2.29. The highest BCUT2D eigenvalue weighted by molar-refractivity contribution is 5.69. The molecule has 0 aliphatic rings. The number of pyridine rings is 1. The van der Waals surface area contributed by atoms with E-state index < -0.39 is 0 Å². The molecule has 0 radical (unpaired) electrons. The van der Waals surface area contributed by atoms with Crippen molar-refractivity contribution in [2.24, 2.45) is 0 Å². The van der Waals surface area contributed by atoms with E-state index in [4.69, 9.17) is 5.26 Å². The zero-order valence-corrected chi connectivity index (χ0v) is 14.4. The number of nitrogens with zero attached hydrogens (tertiary/aromatic N) is 4. The van der Waals surface area contributed by atoms with Gasteiger partial charge in [-0.25, -0.2) is 4.52 Å². The molecule has 0 unspecified atom stereocenters. The van der Waals surface area contributed by atoms with Crippen molar-refractivity contribution in [3.05, 3.63) is 47.8 Å². The molecule has 122 valence electrons. The first kappa shape index (κ1) is 16.0. The van der Waals surface area contributed by atoms with Gasteiger partial charge in [0.15, 0.2) is 0 Å². The molecule has 3 aromatic rings. The van der Waals surface area contributed by atoms with E-state index in [1.54, 1.807) is 6.20 Å². The Hall–Kier alpha value is -2.87. The Labute approximate surface area is 142 Å². The molecule has 5 nitrogen and oxygen atoms in total. The smallest absolute Gasteiger partial charge is 0.101 e. The van der Waals surface area contributed by atoms with Gasteiger partial charge < -0.3 is 5.32 Å². The van der Waals surface area contributed by atoms with Crippen LogP contribution in [0, 0.1) is 11.3 Å². The molecule has 0 fully saturated rings. The van der Waals surface area contributed by atoms with Crippen LogP contribution >= 0.6 is 0 Å². The lowest BCUT2D eigenvalue weighted by molar-refractivity contribution is 0.839. The normalized spacial score (nSPS) is 11.2. The van der Waals surface area contributed by atoms with Gasteiger partial charge >= 0.3 is 0 Å². The number of rotatable bonds is 4. The van der Waals surface area contributed by atoms with E-state index >= 15 is 0 Å². The summed E-state index contributed by atoms with van der Waals surface area (Å²) in [5.74, 6) is 0.396. The second-order valence-corrected chi connectivity index (χ2v) is 6.52. The molecule has 0 saturated carbocycles. The van der Waals surface area contributed by atoms with Gasteiger partial charge in [0.1, 0.15) is 6.07 Å². The summed E-state index contributed by atoms with van der Waals surface area (Å²) in [5, 5.41) is 16.9. The molecule has 0 amide bonds. The van der Waals surface area contributed by atoms with Crippen molar-refractivity contribution in [1.82, 2.24) is 14.6 Å². The topological polar surface area (TPSA) is 66.0 Å². The van der Waals surface area contributed by atoms with Crippen LogP contribution in [-0.2, 0) is 0 Å². The molecule has 0 aliphatic heterocycles. The minimum Gasteiger partial charge on any atom is -0.383 e. The number of hydrogen-bond donors (Lipinski definition) is 1. The number of nitriles is 1. The summed E-state index contributed by atoms with van der Waals surface area (Å²) in [7, 11) is 0. The van der Waals surface area contributed by atoms with Crippen molar-refractivity contribution in [1.29, 1.82) is 5.26 Å². The highest BCUT2D eigenvalue weighted by Gasteiger charge is 2.13. The van der Waals surface area contributed by atoms with Crippen molar-refractivity contribution in [3.63, 3.8) is 0 Å². The summed E-state index contributed by atoms with van der Waals surface area (Å²) in [4.78, 5) is 4.64. The molecule has 0 atom stereocenters. The predicted molar refractivity (Wildman–Crippen MR) is 96.0 cm³/mol. The Balaban J connectivity index is 2.11. The Bertz CT molecular complexity index is 915. The Morgan fingerprint density at radius 3 is 2.58 bits per heavy atom. The fourth-order valence-electron chi connectivity index (χ4n) is 2.76. The number of hydrogen-bond acceptors (Lipinski definition) is 4. The predicted octanol–water partition coefficient (Wildman–Crippen LogP) is 4.21. The SMILES string of the molecule is CC(C)Nc1cc(-c2ccc3cc(C#N)cnn23)ncc1C(C)C. The Morgan fingerprint density at radius 2 is 1.92 bits per heavy atom. The molecule has 0 spiro atoms. The molecule has 0 aromatic carbocycles. The van der Waals surface area contributed by atoms with Crippen molar-refractivity contribution in [2.75, 3.05) is 5.32 Å². The molecular weight excluding hydrogens is 298 g/mol. The quantitative estimate of drug-likeness (QED) is 0.782. The van der Waals surface area contributed by atoms with E-state index in [1.165, 1.54) is 5.56 Å². The van der Waals surface area contributed by atoms with Crippen molar-refractivity contribution < 1.29 is 0 Å². The molecule has 3 aromatic heterocycles. The van der Waals surface area contributed by atoms with Crippen LogP contribution in [0.25, 0.3) is 16.9 Å². The summed E-state index contributed by atoms with van der Waals surface area (Å²) < 4.78 is 1.82. The number of nitrogens with one attached hydrogen (secondary N) is 1. The van der Waals surface area contributed by atoms with E-state index in [9.17, 15) is 0 Å². The third kappa shape index (κ3) is 2.95. The van der Waals surface area contributed by atoms with Crippen LogP contribution in [-0.4, -0.2) is 20.6 Å². The van der Waals surface area contributed by atoms with Gasteiger partial charge in [-0.15, -0.1) is 0 Å². The molecule has 3 rings (SSSR count). The number of anilines is 1. The van der Waals surface area contributed by atoms with Gasteiger partial charge in [-0.2, -0.15) is 10.4 Å². The largest absolute Gasteiger partial charge is 0.383 e. The molecule has 0 saturated heterocycles. The van der Waals surface area contributed by atoms with Crippen LogP contribution in [0.2, 0.25) is 0 Å². The summed E-state index contributed by atoms with van der Waals surface area (Å²) in [5.41, 5.74) is 5.52. The summed E-state index contributed by atoms with van der Waals surface area (Å²) >= 11 is 0. The van der Waals surface area contributed by atoms with Crippen LogP contribution in [0.1, 0.15) is 44.7 Å². The maximum absolute atomic E-state index is 9.00. The van der Waals surface area contributed by atoms with Crippen molar-refractivity contribution >= 4 is 11.2 Å². The first-order valence-electron chi connectivity index (χ1n) is 8.14. The molecule has 3 heterocycles. The molecular formula is C19H21N5. The number of fused-ring (bicyclic) bond motifs is 1. The van der Waals surface area contributed by atoms with E-state index in [-0.39, 0.29) is 0 Å². The third-order valence-corrected chi connectivity index (χ3v) is 3.89. The first-order valence-corrected chi connectivity index (χ1v) is 8.14. The second kappa shape index (κ2) is 6.32. The fourth-order valence-corrected chi connectivity index (χ4v) is 2.76. The van der Waals surface area contributed by atoms with E-state index in [0.717, 1.165) is 22.6 Å². The summed E-state index contributed by atoms with van der Waals surface area (Å²) in [6, 6.07) is 10.3. The van der Waals surface area contributed by atoms with E-state index in [0.29, 0.717) is 17.5 Å². The van der Waals surface area contributed by atoms with Crippen molar-refractivity contribution in [3.8, 4) is 17.5 Å². The van der Waals surface area contributed by atoms with Crippen LogP contribution < -0.4 is 5.32 Å². The average molecular weight is 319 g/mol. The first-order chi connectivity index (χ1) is 11.5. The monoisotopic (exact) mass is 319 g/mol. The fraction of sp³-hybridized carbons (Fsp3) is 0.316. The Kier molecular flexibility index (Phi) is 4.22. The molecule has 0 bridgehead atoms. The Morgan fingerprint density at radius 1 is 1.12 bits per heavy atom. The number of aromatic nitrogens is 3. The van der Waals surface area contributed by atoms with Gasteiger partial charge in [-0.1, -0.05) is 13.8 Å². The van der Waals surface area contributed by atoms with Gasteiger partial charge in [0.25, 0.3) is 0 Å². The van der Waals surface area contributed by atoms with E-state index in [1.807, 2.05) is 28.9 Å². The average Bonchev–Trinajstić information content (AvgIpc) is 2.96. The van der Waals surface area contributed by atoms with Gasteiger partial charge in [0.2, 0.25) is 0 Å². The standard InChI is InChI=1S/C19H21N5/c1-12(2)16-11-21-18(8-17(16)23-13(3)4)19-6-5-15-7-14(9-20)10-22-24(15)19/h5-8,10-13H,1-4H3,(H,21,23). The van der Waals surface area contributed by atoms with Crippen LogP contribution in [0.15, 0.2) is 36.7 Å². The lowest BCUT2D eigenvalue weighted by Gasteiger charge is -2.17. The zero-order chi connectivity index (χ0) is 17.3. The molecule has 1 N–H and O–H groups in total. The molecule has 5 heteroatoms. The highest BCUT2D eigenvalue weighted by atomic mass is 15.2. The minimum atomic E-state index is 0.345. The van der Waals surface area contributed by atoms with Gasteiger partial charge in [0, 0.05) is 17.9 Å². The zero-order valence-electron chi connectivity index (χ0n) is 14.4. The maximum atomic E-state index is 9.00. The maximum Gasteiger partial charge on any atom is 0.101 e. The molecule has 24 heavy (non-hydrogen) atoms. The second-order valence-electron chi connectivity index (χ2n) is 6.52. The van der Waals surface area contributed by atoms with Crippen LogP contribution in [0.5, 0.6) is 0 Å². The lowest BCUT2D eigenvalue weighted by Crippen LogP contribution is -2.12. The summed E-state index contributed by atoms with van der Waals surface area (Å²) in [6.07, 6.45) is 3.51. The third-order valence-electron chi connectivity index (χ3n) is 3.89. The van der Waals surface area contributed by atoms with E-state index in [2.05, 4.69) is 55.2 Å². The van der Waals surface area contributed by atoms with Gasteiger partial charge in [-0.3, -0.25) is 4.98 Å². The van der Waals surface area contributed by atoms with Crippen LogP contribution in [0.3, 0.4) is 0 Å². The van der Waals surface area contributed by atoms with Gasteiger partial charge in [0.05, 0.1) is 28.7 Å². The minimum absolute atomic E-state index is 0.345. The van der Waals surface area contributed by atoms with Gasteiger partial charge in [-0.05, 0) is 49.6 Å². The van der Waals surface area contributed by atoms with Crippen LogP contribution in [0.4, 0.5) is 5.69 Å². The molecule has 0 aliphatic carbocycles. The lowest BCUT2D eigenvalue weighted by atomic mass is 10.0. The summed E-state index contributed by atoms with van der Waals surface area (Å²) in [6.45, 7) is 8.59.